The molecule has 2 atom stereocenters. The van der Waals surface area contributed by atoms with Crippen LogP contribution in [0.1, 0.15) is 101 Å². The van der Waals surface area contributed by atoms with E-state index in [1.165, 1.54) is 17.9 Å². The molecule has 0 aromatic heterocycles. The van der Waals surface area contributed by atoms with E-state index in [1.54, 1.807) is 21.3 Å². The first kappa shape index (κ1) is 50.6. The Morgan fingerprint density at radius 3 is 1.80 bits per heavy atom. The van der Waals surface area contributed by atoms with Crippen molar-refractivity contribution in [3.63, 3.8) is 0 Å². The molecule has 0 saturated carbocycles. The monoisotopic (exact) mass is 666 g/mol. The van der Waals surface area contributed by atoms with Crippen molar-refractivity contribution in [2.45, 2.75) is 120 Å². The standard InChI is InChI=1S/C18H36N4O3.C6H11O2P.C4H8.C2H6O.2C2H6/c1-15(2)25-14-16(19-3)13-18(23)21-11-9-20(10-12-21)17-5-7-22(24-4)8-6-17;1-4-6(5(2)3)9(7)8;1-3-4-2;1-3-2;2*1-2/h15-17,19H,5-14H2,1-4H3;4H2,1-3H3;3H,1,4H2,2H3;1-2H3;2*1-2H3/p+1. The minimum Gasteiger partial charge on any atom is -0.591 e. The molecule has 2 aliphatic rings. The molecule has 2 aliphatic heterocycles. The highest BCUT2D eigenvalue weighted by atomic mass is 31.1. The molecule has 2 N–H and O–H groups in total. The molecule has 45 heavy (non-hydrogen) atoms. The van der Waals surface area contributed by atoms with E-state index in [0.717, 1.165) is 51.3 Å². The maximum absolute atomic E-state index is 12.6. The van der Waals surface area contributed by atoms with Crippen molar-refractivity contribution in [2.24, 2.45) is 0 Å². The maximum atomic E-state index is 12.6. The van der Waals surface area contributed by atoms with Gasteiger partial charge in [0.15, 0.2) is 5.31 Å². The molecule has 2 saturated heterocycles. The van der Waals surface area contributed by atoms with E-state index in [4.69, 9.17) is 9.57 Å². The Balaban J connectivity index is -0.000000346. The molecule has 0 spiro atoms. The summed E-state index contributed by atoms with van der Waals surface area (Å²) in [6.45, 7) is 29.5. The molecular weight excluding hydrogens is 591 g/mol. The Bertz CT molecular complexity index is 719. The number of methoxy groups -OCH3 is 1. The SMILES string of the molecule is C=CCC.CC.CC.CCC(=C(C)C)[P+](=O)[O-].CNC(COC(C)C)CC(=O)N1CCN(C2CC[NH+](OC)CC2)CC1.COC. The van der Waals surface area contributed by atoms with Gasteiger partial charge in [-0.25, -0.2) is 4.84 Å². The van der Waals surface area contributed by atoms with E-state index in [-0.39, 0.29) is 18.1 Å². The molecule has 0 radical (unpaired) electrons. The first-order valence-corrected chi connectivity index (χ1v) is 18.1. The number of ether oxygens (including phenoxy) is 2. The van der Waals surface area contributed by atoms with Crippen LogP contribution >= 0.6 is 8.03 Å². The first-order chi connectivity index (χ1) is 21.4. The number of piperidine rings is 1. The number of hydrogen-bond donors (Lipinski definition) is 2. The Morgan fingerprint density at radius 2 is 1.51 bits per heavy atom. The van der Waals surface area contributed by atoms with Crippen molar-refractivity contribution in [1.82, 2.24) is 15.1 Å². The van der Waals surface area contributed by atoms with Gasteiger partial charge in [0.25, 0.3) is 0 Å². The molecule has 0 bridgehead atoms. The van der Waals surface area contributed by atoms with Gasteiger partial charge in [0.1, 0.15) is 13.1 Å². The molecule has 270 valence electrons. The minimum absolute atomic E-state index is 0.0919. The van der Waals surface area contributed by atoms with Gasteiger partial charge in [0, 0.05) is 78.2 Å². The second-order valence-corrected chi connectivity index (χ2v) is 11.7. The first-order valence-electron chi connectivity index (χ1n) is 17.0. The van der Waals surface area contributed by atoms with Gasteiger partial charge in [-0.2, -0.15) is 5.06 Å². The molecule has 2 fully saturated rings. The summed E-state index contributed by atoms with van der Waals surface area (Å²) in [4.78, 5) is 32.9. The summed E-state index contributed by atoms with van der Waals surface area (Å²) in [5, 5.41) is 5.00. The van der Waals surface area contributed by atoms with Crippen LogP contribution in [0.5, 0.6) is 0 Å². The van der Waals surface area contributed by atoms with Crippen LogP contribution in [0.4, 0.5) is 0 Å². The molecular formula is C34H74N4O6P+. The van der Waals surface area contributed by atoms with E-state index >= 15 is 0 Å². The fourth-order valence-electron chi connectivity index (χ4n) is 4.39. The third-order valence-corrected chi connectivity index (χ3v) is 8.07. The lowest BCUT2D eigenvalue weighted by atomic mass is 10.0. The van der Waals surface area contributed by atoms with Crippen LogP contribution < -0.4 is 15.3 Å². The number of hydrogen-bond acceptors (Lipinski definition) is 8. The van der Waals surface area contributed by atoms with Gasteiger partial charge in [-0.15, -0.1) is 6.58 Å². The molecule has 2 heterocycles. The summed E-state index contributed by atoms with van der Waals surface area (Å²) < 4.78 is 20.2. The van der Waals surface area contributed by atoms with E-state index < -0.39 is 8.03 Å². The van der Waals surface area contributed by atoms with Crippen LogP contribution in [-0.4, -0.2) is 108 Å². The average molecular weight is 666 g/mol. The van der Waals surface area contributed by atoms with Crippen molar-refractivity contribution in [3.8, 4) is 0 Å². The number of carbonyl (C=O) groups is 1. The lowest BCUT2D eigenvalue weighted by Gasteiger charge is -2.41. The third kappa shape index (κ3) is 27.6. The number of nitrogens with zero attached hydrogens (tertiary/aromatic N) is 2. The molecule has 0 aromatic carbocycles. The summed E-state index contributed by atoms with van der Waals surface area (Å²) >= 11 is 0. The van der Waals surface area contributed by atoms with Gasteiger partial charge in [-0.05, 0) is 46.7 Å². The fourth-order valence-corrected chi connectivity index (χ4v) is 5.01. The Kier molecular flexibility index (Phi) is 40.1. The van der Waals surface area contributed by atoms with Crippen LogP contribution in [0.25, 0.3) is 0 Å². The number of amides is 1. The van der Waals surface area contributed by atoms with E-state index in [2.05, 4.69) is 28.5 Å². The van der Waals surface area contributed by atoms with Crippen LogP contribution in [0.2, 0.25) is 0 Å². The number of hydroxylamine groups is 2. The van der Waals surface area contributed by atoms with Crippen molar-refractivity contribution in [1.29, 1.82) is 0 Å². The topological polar surface area (TPSA) is 108 Å². The molecule has 2 rings (SSSR count). The predicted molar refractivity (Wildman–Crippen MR) is 190 cm³/mol. The zero-order valence-corrected chi connectivity index (χ0v) is 32.7. The van der Waals surface area contributed by atoms with Crippen LogP contribution in [0.3, 0.4) is 0 Å². The summed E-state index contributed by atoms with van der Waals surface area (Å²) in [7, 11) is 4.61. The molecule has 0 aromatic rings. The zero-order valence-electron chi connectivity index (χ0n) is 31.8. The lowest BCUT2D eigenvalue weighted by Crippen LogP contribution is -3.12. The second kappa shape index (κ2) is 35.6. The van der Waals surface area contributed by atoms with Gasteiger partial charge in [0.2, 0.25) is 5.91 Å². The number of likely N-dealkylation sites (N-methyl/N-ethyl adjacent to an activating group) is 1. The lowest BCUT2D eigenvalue weighted by molar-refractivity contribution is -1.09. The Labute approximate surface area is 279 Å². The quantitative estimate of drug-likeness (QED) is 0.239. The number of allylic oxidation sites excluding steroid dienone is 3. The van der Waals surface area contributed by atoms with Crippen molar-refractivity contribution in [2.75, 3.05) is 74.3 Å². The van der Waals surface area contributed by atoms with Crippen molar-refractivity contribution < 1.29 is 33.6 Å². The number of rotatable bonds is 11. The average Bonchev–Trinajstić information content (AvgIpc) is 3.05. The summed E-state index contributed by atoms with van der Waals surface area (Å²) in [5.41, 5.74) is 0.897. The van der Waals surface area contributed by atoms with Crippen LogP contribution in [0, 0.1) is 0 Å². The minimum atomic E-state index is -2.32. The van der Waals surface area contributed by atoms with Crippen molar-refractivity contribution >= 4 is 13.9 Å². The molecule has 10 nitrogen and oxygen atoms in total. The number of quaternary nitrogens is 1. The largest absolute Gasteiger partial charge is 0.591 e. The summed E-state index contributed by atoms with van der Waals surface area (Å²) in [6.07, 6.45) is 6.65. The van der Waals surface area contributed by atoms with Gasteiger partial charge >= 0.3 is 8.03 Å². The third-order valence-electron chi connectivity index (χ3n) is 6.87. The number of piperazine rings is 1. The van der Waals surface area contributed by atoms with Gasteiger partial charge in [-0.1, -0.05) is 52.2 Å². The van der Waals surface area contributed by atoms with E-state index in [9.17, 15) is 14.3 Å². The van der Waals surface area contributed by atoms with Crippen LogP contribution in [-0.2, 0) is 23.7 Å². The highest BCUT2D eigenvalue weighted by Gasteiger charge is 2.31. The summed E-state index contributed by atoms with van der Waals surface area (Å²) in [6, 6.07) is 0.745. The number of nitrogens with one attached hydrogen (secondary N) is 2. The van der Waals surface area contributed by atoms with E-state index in [1.807, 2.05) is 80.3 Å². The highest BCUT2D eigenvalue weighted by molar-refractivity contribution is 7.41. The van der Waals surface area contributed by atoms with Gasteiger partial charge in [-0.3, -0.25) is 9.69 Å². The molecule has 2 unspecified atom stereocenters. The molecule has 0 aliphatic carbocycles. The normalized spacial score (nSPS) is 18.3. The highest BCUT2D eigenvalue weighted by Crippen LogP contribution is 2.28. The fraction of sp³-hybridized carbons (Fsp3) is 0.853. The smallest absolute Gasteiger partial charge is 0.344 e. The van der Waals surface area contributed by atoms with E-state index in [0.29, 0.717) is 30.8 Å². The number of carbonyl (C=O) groups excluding carboxylic acids is 1. The summed E-state index contributed by atoms with van der Waals surface area (Å²) in [5.74, 6) is 0.241. The Morgan fingerprint density at radius 1 is 1.04 bits per heavy atom. The maximum Gasteiger partial charge on any atom is 0.344 e. The van der Waals surface area contributed by atoms with Gasteiger partial charge < -0.3 is 24.6 Å². The van der Waals surface area contributed by atoms with Gasteiger partial charge in [0.05, 0.1) is 19.8 Å². The Hall–Kier alpha value is -1.23. The molecule has 11 heteroatoms. The zero-order chi connectivity index (χ0) is 35.8. The predicted octanol–water partition coefficient (Wildman–Crippen LogP) is 4.83. The van der Waals surface area contributed by atoms with Crippen molar-refractivity contribution in [3.05, 3.63) is 23.5 Å². The van der Waals surface area contributed by atoms with Crippen LogP contribution in [0.15, 0.2) is 23.5 Å². The molecule has 1 amide bonds. The second-order valence-electron chi connectivity index (χ2n) is 10.6.